The largest absolute Gasteiger partial charge is 0.486 e. The van der Waals surface area contributed by atoms with E-state index in [1.54, 1.807) is 37.8 Å². The van der Waals surface area contributed by atoms with E-state index >= 15 is 0 Å². The third kappa shape index (κ3) is 5.32. The van der Waals surface area contributed by atoms with E-state index < -0.39 is 0 Å². The van der Waals surface area contributed by atoms with E-state index in [0.717, 1.165) is 45.5 Å². The number of nitrogens with zero attached hydrogens (tertiary/aromatic N) is 5. The van der Waals surface area contributed by atoms with Crippen molar-refractivity contribution in [3.05, 3.63) is 72.4 Å². The lowest BCUT2D eigenvalue weighted by molar-refractivity contribution is -0.104. The number of hydrogen-bond acceptors (Lipinski definition) is 7. The Labute approximate surface area is 174 Å². The van der Waals surface area contributed by atoms with Crippen LogP contribution in [0.1, 0.15) is 25.4 Å². The summed E-state index contributed by atoms with van der Waals surface area (Å²) in [7, 11) is 0. The van der Waals surface area contributed by atoms with Crippen molar-refractivity contribution in [1.29, 1.82) is 0 Å². The van der Waals surface area contributed by atoms with Gasteiger partial charge in [-0.15, -0.1) is 0 Å². The number of fused-ring (bicyclic) bond motifs is 1. The van der Waals surface area contributed by atoms with E-state index in [-0.39, 0.29) is 0 Å². The van der Waals surface area contributed by atoms with Gasteiger partial charge < -0.3 is 4.74 Å². The van der Waals surface area contributed by atoms with Gasteiger partial charge in [-0.05, 0) is 38.5 Å². The minimum absolute atomic E-state index is 0.324. The molecule has 4 aromatic rings. The normalized spacial score (nSPS) is 11.0. The second kappa shape index (κ2) is 10.0. The molecule has 8 heteroatoms. The van der Waals surface area contributed by atoms with Crippen LogP contribution in [-0.4, -0.2) is 36.4 Å². The summed E-state index contributed by atoms with van der Waals surface area (Å²) in [4.78, 5) is 26.7. The van der Waals surface area contributed by atoms with E-state index in [0.29, 0.717) is 12.4 Å². The molecule has 0 radical (unpaired) electrons. The van der Waals surface area contributed by atoms with Gasteiger partial charge in [-0.3, -0.25) is 19.9 Å². The summed E-state index contributed by atoms with van der Waals surface area (Å²) < 4.78 is 5.98. The Morgan fingerprint density at radius 2 is 2.03 bits per heavy atom. The van der Waals surface area contributed by atoms with E-state index in [1.807, 2.05) is 38.2 Å². The summed E-state index contributed by atoms with van der Waals surface area (Å²) in [5, 5.41) is 7.93. The molecule has 4 rings (SSSR count). The summed E-state index contributed by atoms with van der Waals surface area (Å²) >= 11 is 0. The standard InChI is InChI=1S/C17H14N6O.C5H8O/c1-11-20-8-12-6-14(15-2-3-21-23-15)17(7-16(12)22-11)24-10-13-9-18-4-5-19-13;1-3-5(2)4-6/h2-9H,10H2,1H3,(H,21,23);3-4H,1-2H3/b;5-3+. The molecule has 30 heavy (non-hydrogen) atoms. The molecule has 1 N–H and O–H groups in total. The van der Waals surface area contributed by atoms with Gasteiger partial charge in [0, 0.05) is 41.8 Å². The zero-order chi connectivity index (χ0) is 21.3. The number of aldehydes is 1. The van der Waals surface area contributed by atoms with E-state index in [4.69, 9.17) is 4.74 Å². The molecule has 0 aliphatic rings. The molecule has 0 spiro atoms. The number of benzene rings is 1. The van der Waals surface area contributed by atoms with Gasteiger partial charge in [0.05, 0.1) is 23.1 Å². The Kier molecular flexibility index (Phi) is 6.94. The first kappa shape index (κ1) is 20.8. The quantitative estimate of drug-likeness (QED) is 0.399. The van der Waals surface area contributed by atoms with Crippen molar-refractivity contribution in [2.75, 3.05) is 0 Å². The molecule has 0 amide bonds. The van der Waals surface area contributed by atoms with Gasteiger partial charge in [0.2, 0.25) is 0 Å². The van der Waals surface area contributed by atoms with Gasteiger partial charge in [0.15, 0.2) is 0 Å². The van der Waals surface area contributed by atoms with Gasteiger partial charge in [-0.25, -0.2) is 9.97 Å². The van der Waals surface area contributed by atoms with Crippen LogP contribution in [0.4, 0.5) is 0 Å². The molecule has 3 aromatic heterocycles. The molecule has 0 unspecified atom stereocenters. The molecule has 0 saturated carbocycles. The number of rotatable bonds is 5. The van der Waals surface area contributed by atoms with Crippen molar-refractivity contribution in [2.45, 2.75) is 27.4 Å². The lowest BCUT2D eigenvalue weighted by Gasteiger charge is -2.12. The second-order valence-corrected chi connectivity index (χ2v) is 6.43. The number of carbonyl (C=O) groups is 1. The highest BCUT2D eigenvalue weighted by Crippen LogP contribution is 2.32. The van der Waals surface area contributed by atoms with Crippen molar-refractivity contribution in [1.82, 2.24) is 30.1 Å². The fourth-order valence-electron chi connectivity index (χ4n) is 2.51. The first-order valence-electron chi connectivity index (χ1n) is 9.33. The number of carbonyl (C=O) groups excluding carboxylic acids is 1. The number of aromatic nitrogens is 6. The molecule has 0 aliphatic heterocycles. The van der Waals surface area contributed by atoms with Crippen LogP contribution >= 0.6 is 0 Å². The third-order valence-corrected chi connectivity index (χ3v) is 4.23. The molecule has 0 saturated heterocycles. The molecule has 0 fully saturated rings. The third-order valence-electron chi connectivity index (χ3n) is 4.23. The number of allylic oxidation sites excluding steroid dienone is 2. The van der Waals surface area contributed by atoms with Crippen LogP contribution < -0.4 is 4.74 Å². The van der Waals surface area contributed by atoms with Crippen molar-refractivity contribution < 1.29 is 9.53 Å². The van der Waals surface area contributed by atoms with E-state index in [1.165, 1.54) is 0 Å². The fourth-order valence-corrected chi connectivity index (χ4v) is 2.51. The summed E-state index contributed by atoms with van der Waals surface area (Å²) in [5.41, 5.74) is 4.14. The summed E-state index contributed by atoms with van der Waals surface area (Å²) in [6, 6.07) is 5.80. The Hall–Kier alpha value is -3.94. The lowest BCUT2D eigenvalue weighted by Crippen LogP contribution is -2.00. The average Bonchev–Trinajstić information content (AvgIpc) is 3.32. The van der Waals surface area contributed by atoms with Crippen LogP contribution in [-0.2, 0) is 11.4 Å². The average molecular weight is 402 g/mol. The second-order valence-electron chi connectivity index (χ2n) is 6.43. The van der Waals surface area contributed by atoms with Gasteiger partial charge in [0.25, 0.3) is 0 Å². The molecule has 3 heterocycles. The first-order chi connectivity index (χ1) is 14.6. The first-order valence-corrected chi connectivity index (χ1v) is 9.33. The van der Waals surface area contributed by atoms with E-state index in [9.17, 15) is 4.79 Å². The predicted molar refractivity (Wildman–Crippen MR) is 114 cm³/mol. The van der Waals surface area contributed by atoms with Gasteiger partial charge >= 0.3 is 0 Å². The van der Waals surface area contributed by atoms with Crippen molar-refractivity contribution in [3.63, 3.8) is 0 Å². The highest BCUT2D eigenvalue weighted by atomic mass is 16.5. The Balaban J connectivity index is 0.000000377. The maximum absolute atomic E-state index is 9.67. The van der Waals surface area contributed by atoms with Crippen molar-refractivity contribution in [3.8, 4) is 17.0 Å². The number of ether oxygens (including phenoxy) is 1. The summed E-state index contributed by atoms with van der Waals surface area (Å²) in [5.74, 6) is 1.42. The molecule has 0 atom stereocenters. The van der Waals surface area contributed by atoms with Crippen LogP contribution in [0, 0.1) is 6.92 Å². The Morgan fingerprint density at radius 3 is 2.67 bits per heavy atom. The van der Waals surface area contributed by atoms with Crippen molar-refractivity contribution >= 4 is 17.2 Å². The predicted octanol–water partition coefficient (Wildman–Crippen LogP) is 3.85. The molecule has 0 bridgehead atoms. The Morgan fingerprint density at radius 1 is 1.17 bits per heavy atom. The van der Waals surface area contributed by atoms with Crippen LogP contribution in [0.25, 0.3) is 22.2 Å². The maximum atomic E-state index is 9.67. The van der Waals surface area contributed by atoms with Crippen molar-refractivity contribution in [2.24, 2.45) is 0 Å². The topological polar surface area (TPSA) is 107 Å². The number of aromatic amines is 1. The molecule has 1 aromatic carbocycles. The number of nitrogens with one attached hydrogen (secondary N) is 1. The van der Waals surface area contributed by atoms with Gasteiger partial charge in [-0.2, -0.15) is 5.10 Å². The summed E-state index contributed by atoms with van der Waals surface area (Å²) in [6.45, 7) is 5.80. The van der Waals surface area contributed by atoms with Gasteiger partial charge in [0.1, 0.15) is 24.5 Å². The molecule has 8 nitrogen and oxygen atoms in total. The zero-order valence-electron chi connectivity index (χ0n) is 17.0. The highest BCUT2D eigenvalue weighted by Gasteiger charge is 2.12. The van der Waals surface area contributed by atoms with Crippen LogP contribution in [0.15, 0.2) is 60.8 Å². The minimum Gasteiger partial charge on any atom is -0.486 e. The maximum Gasteiger partial charge on any atom is 0.145 e. The number of hydrogen-bond donors (Lipinski definition) is 1. The van der Waals surface area contributed by atoms with Crippen LogP contribution in [0.2, 0.25) is 0 Å². The molecular formula is C22H22N6O2. The smallest absolute Gasteiger partial charge is 0.145 e. The lowest BCUT2D eigenvalue weighted by atomic mass is 10.1. The van der Waals surface area contributed by atoms with Crippen LogP contribution in [0.3, 0.4) is 0 Å². The summed E-state index contributed by atoms with van der Waals surface area (Å²) in [6.07, 6.45) is 11.1. The molecule has 0 aliphatic carbocycles. The van der Waals surface area contributed by atoms with E-state index in [2.05, 4.69) is 30.1 Å². The number of aryl methyl sites for hydroxylation is 1. The zero-order valence-corrected chi connectivity index (χ0v) is 17.0. The number of H-pyrrole nitrogens is 1. The van der Waals surface area contributed by atoms with Crippen LogP contribution in [0.5, 0.6) is 5.75 Å². The minimum atomic E-state index is 0.324. The fraction of sp³-hybridized carbons (Fsp3) is 0.182. The molecule has 152 valence electrons. The monoisotopic (exact) mass is 402 g/mol. The Bertz CT molecular complexity index is 1140. The SMILES string of the molecule is C/C=C(\C)C=O.Cc1ncc2cc(-c3ccn[nH]3)c(OCc3cnccn3)cc2n1. The van der Waals surface area contributed by atoms with Gasteiger partial charge in [-0.1, -0.05) is 6.08 Å². The molecular weight excluding hydrogens is 380 g/mol. The highest BCUT2D eigenvalue weighted by molar-refractivity contribution is 5.87.